The molecule has 0 bridgehead atoms. The first-order chi connectivity index (χ1) is 12.4. The lowest BCUT2D eigenvalue weighted by molar-refractivity contribution is -0.0269. The van der Waals surface area contributed by atoms with Crippen LogP contribution < -0.4 is 0 Å². The lowest BCUT2D eigenvalue weighted by atomic mass is 9.66. The maximum Gasteiger partial charge on any atom is 0.334 e. The summed E-state index contributed by atoms with van der Waals surface area (Å²) in [7, 11) is -5.22. The topological polar surface area (TPSA) is 110 Å². The highest BCUT2D eigenvalue weighted by atomic mass is 31.2. The van der Waals surface area contributed by atoms with Gasteiger partial charge in [-0.25, -0.2) is 4.31 Å². The molecule has 2 aromatic rings. The highest BCUT2D eigenvalue weighted by molar-refractivity contribution is 7.53. The number of rotatable bonds is 4. The van der Waals surface area contributed by atoms with E-state index >= 15 is 0 Å². The van der Waals surface area contributed by atoms with Crippen LogP contribution in [0.15, 0.2) is 48.5 Å². The first kappa shape index (κ1) is 24.1. The first-order valence-corrected chi connectivity index (χ1v) is 10.6. The van der Waals surface area contributed by atoms with Gasteiger partial charge in [0.25, 0.3) is 0 Å². The SMILES string of the molecule is Cc1ccccc1C(O)(c1ccccc1C)C(C)(C)C.OP(O)OP(O)O. The third-order valence-electron chi connectivity index (χ3n) is 4.30. The van der Waals surface area contributed by atoms with E-state index in [-0.39, 0.29) is 5.41 Å². The summed E-state index contributed by atoms with van der Waals surface area (Å²) in [5, 5.41) is 11.7. The van der Waals surface area contributed by atoms with Crippen LogP contribution in [0.25, 0.3) is 0 Å². The van der Waals surface area contributed by atoms with Gasteiger partial charge in [0.05, 0.1) is 0 Å². The number of hydrogen-bond acceptors (Lipinski definition) is 6. The van der Waals surface area contributed by atoms with Crippen molar-refractivity contribution in [2.24, 2.45) is 5.41 Å². The Morgan fingerprint density at radius 2 is 1.04 bits per heavy atom. The molecule has 0 spiro atoms. The second-order valence-electron chi connectivity index (χ2n) is 7.18. The molecule has 0 heterocycles. The van der Waals surface area contributed by atoms with E-state index in [4.69, 9.17) is 19.6 Å². The highest BCUT2D eigenvalue weighted by Crippen LogP contribution is 2.46. The van der Waals surface area contributed by atoms with Gasteiger partial charge < -0.3 is 24.7 Å². The summed E-state index contributed by atoms with van der Waals surface area (Å²) in [6.07, 6.45) is 0. The molecule has 0 aliphatic carbocycles. The summed E-state index contributed by atoms with van der Waals surface area (Å²) >= 11 is 0. The van der Waals surface area contributed by atoms with Crippen molar-refractivity contribution in [3.63, 3.8) is 0 Å². The Morgan fingerprint density at radius 1 is 0.704 bits per heavy atom. The van der Waals surface area contributed by atoms with Gasteiger partial charge in [-0.15, -0.1) is 0 Å². The van der Waals surface area contributed by atoms with Crippen molar-refractivity contribution in [3.8, 4) is 0 Å². The minimum absolute atomic E-state index is 0.300. The van der Waals surface area contributed by atoms with Crippen molar-refractivity contribution >= 4 is 17.2 Å². The standard InChI is InChI=1S/C19H24O.H4O5P2/c1-14-10-6-8-12-16(14)19(20,18(3,4)5)17-13-9-7-11-15(17)2;1-6(2)5-7(3)4/h6-13,20H,1-5H3;1-4H. The minimum atomic E-state index is -2.61. The molecule has 0 amide bonds. The summed E-state index contributed by atoms with van der Waals surface area (Å²) in [5.41, 5.74) is 2.92. The second-order valence-corrected chi connectivity index (χ2v) is 8.84. The van der Waals surface area contributed by atoms with E-state index < -0.39 is 22.8 Å². The van der Waals surface area contributed by atoms with Crippen LogP contribution in [0.5, 0.6) is 0 Å². The molecule has 0 aromatic heterocycles. The van der Waals surface area contributed by atoms with E-state index in [1.807, 2.05) is 36.4 Å². The molecule has 27 heavy (non-hydrogen) atoms. The van der Waals surface area contributed by atoms with Gasteiger partial charge in [0.2, 0.25) is 0 Å². The van der Waals surface area contributed by atoms with Crippen LogP contribution >= 0.6 is 17.2 Å². The molecule has 0 saturated heterocycles. The lowest BCUT2D eigenvalue weighted by Gasteiger charge is -2.43. The normalized spacial score (nSPS) is 12.1. The fourth-order valence-electron chi connectivity index (χ4n) is 2.98. The molecule has 0 fully saturated rings. The Balaban J connectivity index is 0.000000445. The van der Waals surface area contributed by atoms with Crippen LogP contribution in [0.1, 0.15) is 43.0 Å². The number of benzene rings is 2. The summed E-state index contributed by atoms with van der Waals surface area (Å²) in [6, 6.07) is 16.2. The molecule has 0 radical (unpaired) electrons. The summed E-state index contributed by atoms with van der Waals surface area (Å²) < 4.78 is 3.60. The molecule has 2 rings (SSSR count). The van der Waals surface area contributed by atoms with Crippen molar-refractivity contribution in [3.05, 3.63) is 70.8 Å². The zero-order valence-corrected chi connectivity index (χ0v) is 17.9. The van der Waals surface area contributed by atoms with E-state index in [2.05, 4.69) is 51.1 Å². The van der Waals surface area contributed by atoms with Gasteiger partial charge in [-0.2, -0.15) is 0 Å². The maximum absolute atomic E-state index is 11.7. The largest absolute Gasteiger partial charge is 0.380 e. The Labute approximate surface area is 163 Å². The predicted molar refractivity (Wildman–Crippen MR) is 109 cm³/mol. The Morgan fingerprint density at radius 3 is 1.26 bits per heavy atom. The summed E-state index contributed by atoms with van der Waals surface area (Å²) in [6.45, 7) is 10.4. The van der Waals surface area contributed by atoms with E-state index in [1.54, 1.807) is 0 Å². The Kier molecular flexibility index (Phi) is 8.94. The average molecular weight is 414 g/mol. The van der Waals surface area contributed by atoms with Crippen molar-refractivity contribution in [2.45, 2.75) is 40.2 Å². The molecule has 2 aromatic carbocycles. The van der Waals surface area contributed by atoms with Crippen LogP contribution in [0.2, 0.25) is 0 Å². The molecule has 5 N–H and O–H groups in total. The van der Waals surface area contributed by atoms with Gasteiger partial charge in [-0.1, -0.05) is 69.3 Å². The molecule has 6 nitrogen and oxygen atoms in total. The van der Waals surface area contributed by atoms with E-state index in [1.165, 1.54) is 0 Å². The summed E-state index contributed by atoms with van der Waals surface area (Å²) in [4.78, 5) is 31.3. The molecule has 150 valence electrons. The molecule has 0 saturated carbocycles. The predicted octanol–water partition coefficient (Wildman–Crippen LogP) is 4.01. The molecule has 0 atom stereocenters. The van der Waals surface area contributed by atoms with Crippen molar-refractivity contribution in [2.75, 3.05) is 0 Å². The van der Waals surface area contributed by atoms with Crippen LogP contribution in [0.3, 0.4) is 0 Å². The molecule has 0 aliphatic heterocycles. The monoisotopic (exact) mass is 414 g/mol. The zero-order valence-electron chi connectivity index (χ0n) is 16.2. The number of aryl methyl sites for hydroxylation is 2. The van der Waals surface area contributed by atoms with Crippen LogP contribution in [0, 0.1) is 19.3 Å². The molecule has 0 aliphatic rings. The van der Waals surface area contributed by atoms with Gasteiger partial charge in [0, 0.05) is 0 Å². The first-order valence-electron chi connectivity index (χ1n) is 8.29. The molecular formula is C19H28O6P2. The fraction of sp³-hybridized carbons (Fsp3) is 0.368. The summed E-state index contributed by atoms with van der Waals surface area (Å²) in [5.74, 6) is 0. The van der Waals surface area contributed by atoms with Crippen LogP contribution in [0.4, 0.5) is 0 Å². The third-order valence-corrected chi connectivity index (χ3v) is 5.47. The fourth-order valence-corrected chi connectivity index (χ4v) is 3.50. The van der Waals surface area contributed by atoms with Crippen molar-refractivity contribution in [1.82, 2.24) is 0 Å². The highest BCUT2D eigenvalue weighted by Gasteiger charge is 2.44. The van der Waals surface area contributed by atoms with Crippen LogP contribution in [-0.2, 0) is 9.91 Å². The minimum Gasteiger partial charge on any atom is -0.380 e. The number of hydrogen-bond donors (Lipinski definition) is 5. The van der Waals surface area contributed by atoms with Gasteiger partial charge in [0.15, 0.2) is 0 Å². The molecular weight excluding hydrogens is 386 g/mol. The second kappa shape index (κ2) is 10.0. The lowest BCUT2D eigenvalue weighted by Crippen LogP contribution is -2.42. The van der Waals surface area contributed by atoms with Gasteiger partial charge in [-0.3, -0.25) is 0 Å². The van der Waals surface area contributed by atoms with Gasteiger partial charge in [-0.05, 0) is 41.5 Å². The third kappa shape index (κ3) is 6.28. The maximum atomic E-state index is 11.7. The number of aliphatic hydroxyl groups is 1. The smallest absolute Gasteiger partial charge is 0.334 e. The van der Waals surface area contributed by atoms with E-state index in [9.17, 15) is 5.11 Å². The average Bonchev–Trinajstić information content (AvgIpc) is 2.53. The quantitative estimate of drug-likeness (QED) is 0.484. The molecule has 0 unspecified atom stereocenters. The Hall–Kier alpha value is -0.940. The zero-order chi connectivity index (χ0) is 20.8. The van der Waals surface area contributed by atoms with Crippen molar-refractivity contribution < 1.29 is 29.0 Å². The van der Waals surface area contributed by atoms with Gasteiger partial charge in [0.1, 0.15) is 5.60 Å². The molecule has 8 heteroatoms. The van der Waals surface area contributed by atoms with E-state index in [0.717, 1.165) is 22.3 Å². The van der Waals surface area contributed by atoms with Crippen molar-refractivity contribution in [1.29, 1.82) is 0 Å². The van der Waals surface area contributed by atoms with E-state index in [0.29, 0.717) is 0 Å². The van der Waals surface area contributed by atoms with Crippen LogP contribution in [-0.4, -0.2) is 24.7 Å². The van der Waals surface area contributed by atoms with Gasteiger partial charge >= 0.3 is 17.2 Å². The Bertz CT molecular complexity index is 677.